The summed E-state index contributed by atoms with van der Waals surface area (Å²) in [5.41, 5.74) is 3.48. The third-order valence-corrected chi connectivity index (χ3v) is 5.69. The van der Waals surface area contributed by atoms with Gasteiger partial charge in [0.05, 0.1) is 6.54 Å². The Morgan fingerprint density at radius 1 is 1.07 bits per heavy atom. The van der Waals surface area contributed by atoms with Crippen molar-refractivity contribution in [3.05, 3.63) is 65.7 Å². The van der Waals surface area contributed by atoms with Crippen molar-refractivity contribution in [2.24, 2.45) is 0 Å². The Hall–Kier alpha value is -2.33. The lowest BCUT2D eigenvalue weighted by Crippen LogP contribution is -2.45. The van der Waals surface area contributed by atoms with Crippen LogP contribution in [0.3, 0.4) is 0 Å². The van der Waals surface area contributed by atoms with Crippen molar-refractivity contribution in [1.29, 1.82) is 0 Å². The monoisotopic (exact) mass is 364 g/mol. The number of nitrogens with zero attached hydrogens (tertiary/aromatic N) is 2. The summed E-state index contributed by atoms with van der Waals surface area (Å²) < 4.78 is 5.71. The van der Waals surface area contributed by atoms with Crippen molar-refractivity contribution in [1.82, 2.24) is 4.90 Å². The van der Waals surface area contributed by atoms with Crippen LogP contribution in [0.15, 0.2) is 54.6 Å². The highest BCUT2D eigenvalue weighted by Gasteiger charge is 2.35. The summed E-state index contributed by atoms with van der Waals surface area (Å²) in [6.07, 6.45) is 4.53. The van der Waals surface area contributed by atoms with Crippen LogP contribution in [0.2, 0.25) is 0 Å². The Bertz CT molecular complexity index is 777. The largest absolute Gasteiger partial charge is 0.443 e. The zero-order valence-electron chi connectivity index (χ0n) is 16.0. The first kappa shape index (κ1) is 18.1. The van der Waals surface area contributed by atoms with Crippen molar-refractivity contribution in [2.45, 2.75) is 44.8 Å². The number of rotatable bonds is 5. The molecular weight excluding hydrogens is 336 g/mol. The summed E-state index contributed by atoms with van der Waals surface area (Å²) in [4.78, 5) is 16.7. The second kappa shape index (κ2) is 8.13. The number of ether oxygens (including phenoxy) is 1. The molecule has 2 unspecified atom stereocenters. The molecule has 0 N–H and O–H groups in total. The van der Waals surface area contributed by atoms with E-state index in [1.54, 1.807) is 4.90 Å². The molecular formula is C23H28N2O2. The topological polar surface area (TPSA) is 32.8 Å². The fourth-order valence-electron chi connectivity index (χ4n) is 4.30. The first-order chi connectivity index (χ1) is 13.2. The average Bonchev–Trinajstić information content (AvgIpc) is 3.04. The van der Waals surface area contributed by atoms with Crippen molar-refractivity contribution >= 4 is 11.8 Å². The van der Waals surface area contributed by atoms with E-state index in [2.05, 4.69) is 35.2 Å². The highest BCUT2D eigenvalue weighted by molar-refractivity contribution is 5.89. The number of amides is 1. The van der Waals surface area contributed by atoms with Crippen LogP contribution in [0.4, 0.5) is 10.5 Å². The molecule has 0 saturated carbocycles. The normalized spacial score (nSPS) is 23.4. The summed E-state index contributed by atoms with van der Waals surface area (Å²) >= 11 is 0. The lowest BCUT2D eigenvalue weighted by Gasteiger charge is -2.36. The van der Waals surface area contributed by atoms with Gasteiger partial charge in [-0.2, -0.15) is 0 Å². The van der Waals surface area contributed by atoms with Crippen LogP contribution in [0.25, 0.3) is 0 Å². The third-order valence-electron chi connectivity index (χ3n) is 5.69. The minimum absolute atomic E-state index is 0.0608. The number of hydrogen-bond acceptors (Lipinski definition) is 3. The number of benzene rings is 2. The highest BCUT2D eigenvalue weighted by atomic mass is 16.6. The molecule has 2 aromatic rings. The Kier molecular flexibility index (Phi) is 5.44. The van der Waals surface area contributed by atoms with Crippen molar-refractivity contribution in [2.75, 3.05) is 24.5 Å². The van der Waals surface area contributed by atoms with Gasteiger partial charge in [-0.05, 0) is 56.0 Å². The van der Waals surface area contributed by atoms with Crippen molar-refractivity contribution in [3.63, 3.8) is 0 Å². The number of carbonyl (C=O) groups is 1. The Labute approximate surface area is 161 Å². The average molecular weight is 364 g/mol. The number of aryl methyl sites for hydroxylation is 1. The Morgan fingerprint density at radius 3 is 2.74 bits per heavy atom. The number of cyclic esters (lactones) is 1. The van der Waals surface area contributed by atoms with Gasteiger partial charge in [-0.1, -0.05) is 48.9 Å². The molecule has 4 nitrogen and oxygen atoms in total. The van der Waals surface area contributed by atoms with Gasteiger partial charge in [-0.15, -0.1) is 0 Å². The molecule has 142 valence electrons. The standard InChI is InChI=1S/C23H28N2O2/c1-18-8-7-12-21(14-18)25-17-22(27-23(25)26)16-24-13-6-5-11-20(24)15-19-9-3-2-4-10-19/h2-4,7-10,12,14,20,22H,5-6,11,13,15-17H2,1H3. The molecule has 2 fully saturated rings. The van der Waals surface area contributed by atoms with E-state index in [1.807, 2.05) is 31.2 Å². The van der Waals surface area contributed by atoms with Gasteiger partial charge in [0.25, 0.3) is 0 Å². The predicted octanol–water partition coefficient (Wildman–Crippen LogP) is 4.42. The summed E-state index contributed by atoms with van der Waals surface area (Å²) in [5, 5.41) is 0. The van der Waals surface area contributed by atoms with Gasteiger partial charge in [0.15, 0.2) is 0 Å². The third kappa shape index (κ3) is 4.33. The van der Waals surface area contributed by atoms with E-state index in [0.29, 0.717) is 12.6 Å². The molecule has 27 heavy (non-hydrogen) atoms. The molecule has 4 heteroatoms. The summed E-state index contributed by atoms with van der Waals surface area (Å²) in [5.74, 6) is 0. The minimum Gasteiger partial charge on any atom is -0.443 e. The van der Waals surface area contributed by atoms with E-state index in [9.17, 15) is 4.79 Å². The first-order valence-electron chi connectivity index (χ1n) is 10.0. The molecule has 0 aromatic heterocycles. The summed E-state index contributed by atoms with van der Waals surface area (Å²) in [7, 11) is 0. The molecule has 0 aliphatic carbocycles. The zero-order valence-corrected chi connectivity index (χ0v) is 16.0. The second-order valence-electron chi connectivity index (χ2n) is 7.79. The SMILES string of the molecule is Cc1cccc(N2CC(CN3CCCCC3Cc3ccccc3)OC2=O)c1. The summed E-state index contributed by atoms with van der Waals surface area (Å²) in [6.45, 7) is 4.60. The molecule has 0 radical (unpaired) electrons. The van der Waals surface area contributed by atoms with Gasteiger partial charge in [0.2, 0.25) is 0 Å². The maximum absolute atomic E-state index is 12.4. The maximum Gasteiger partial charge on any atom is 0.414 e. The quantitative estimate of drug-likeness (QED) is 0.787. The van der Waals surface area contributed by atoms with Crippen LogP contribution >= 0.6 is 0 Å². The number of likely N-dealkylation sites (tertiary alicyclic amines) is 1. The molecule has 0 bridgehead atoms. The molecule has 2 saturated heterocycles. The van der Waals surface area contributed by atoms with Crippen LogP contribution in [0.5, 0.6) is 0 Å². The molecule has 2 atom stereocenters. The van der Waals surface area contributed by atoms with E-state index >= 15 is 0 Å². The minimum atomic E-state index is -0.220. The molecule has 0 spiro atoms. The molecule has 2 aliphatic rings. The molecule has 4 rings (SSSR count). The van der Waals surface area contributed by atoms with Crippen LogP contribution < -0.4 is 4.90 Å². The predicted molar refractivity (Wildman–Crippen MR) is 108 cm³/mol. The molecule has 2 aromatic carbocycles. The van der Waals surface area contributed by atoms with Gasteiger partial charge >= 0.3 is 6.09 Å². The van der Waals surface area contributed by atoms with E-state index in [4.69, 9.17) is 4.74 Å². The lowest BCUT2D eigenvalue weighted by atomic mass is 9.95. The smallest absolute Gasteiger partial charge is 0.414 e. The number of hydrogen-bond donors (Lipinski definition) is 0. The summed E-state index contributed by atoms with van der Waals surface area (Å²) in [6, 6.07) is 19.3. The maximum atomic E-state index is 12.4. The number of carbonyl (C=O) groups excluding carboxylic acids is 1. The van der Waals surface area contributed by atoms with E-state index in [1.165, 1.54) is 24.8 Å². The molecule has 2 heterocycles. The van der Waals surface area contributed by atoms with Gasteiger partial charge < -0.3 is 4.74 Å². The van der Waals surface area contributed by atoms with Gasteiger partial charge in [-0.3, -0.25) is 9.80 Å². The van der Waals surface area contributed by atoms with E-state index in [-0.39, 0.29) is 12.2 Å². The van der Waals surface area contributed by atoms with Crippen LogP contribution in [0.1, 0.15) is 30.4 Å². The molecule has 2 aliphatic heterocycles. The Morgan fingerprint density at radius 2 is 1.93 bits per heavy atom. The number of anilines is 1. The van der Waals surface area contributed by atoms with Crippen LogP contribution in [-0.4, -0.2) is 42.8 Å². The zero-order chi connectivity index (χ0) is 18.6. The van der Waals surface area contributed by atoms with Gasteiger partial charge in [0.1, 0.15) is 6.10 Å². The van der Waals surface area contributed by atoms with Crippen LogP contribution in [0, 0.1) is 6.92 Å². The van der Waals surface area contributed by atoms with E-state index in [0.717, 1.165) is 30.8 Å². The second-order valence-corrected chi connectivity index (χ2v) is 7.79. The number of piperidine rings is 1. The van der Waals surface area contributed by atoms with Gasteiger partial charge in [-0.25, -0.2) is 4.79 Å². The Balaban J connectivity index is 1.41. The van der Waals surface area contributed by atoms with Gasteiger partial charge in [0, 0.05) is 18.3 Å². The lowest BCUT2D eigenvalue weighted by molar-refractivity contribution is 0.0727. The molecule has 1 amide bonds. The highest BCUT2D eigenvalue weighted by Crippen LogP contribution is 2.26. The van der Waals surface area contributed by atoms with Crippen molar-refractivity contribution in [3.8, 4) is 0 Å². The van der Waals surface area contributed by atoms with Crippen molar-refractivity contribution < 1.29 is 9.53 Å². The van der Waals surface area contributed by atoms with Crippen LogP contribution in [-0.2, 0) is 11.2 Å². The first-order valence-corrected chi connectivity index (χ1v) is 10.0. The van der Waals surface area contributed by atoms with E-state index < -0.39 is 0 Å². The fraction of sp³-hybridized carbons (Fsp3) is 0.435. The fourth-order valence-corrected chi connectivity index (χ4v) is 4.30.